The molecule has 2 fully saturated rings. The number of aliphatic hydroxyl groups is 1. The number of para-hydroxylation sites is 2. The molecule has 3 aromatic rings. The zero-order valence-corrected chi connectivity index (χ0v) is 18.6. The van der Waals surface area contributed by atoms with Crippen LogP contribution in [0.15, 0.2) is 24.3 Å². The van der Waals surface area contributed by atoms with Crippen LogP contribution in [-0.2, 0) is 4.74 Å². The fourth-order valence-corrected chi connectivity index (χ4v) is 4.61. The van der Waals surface area contributed by atoms with Crippen LogP contribution in [0.3, 0.4) is 0 Å². The maximum atomic E-state index is 14.0. The Bertz CT molecular complexity index is 1140. The first kappa shape index (κ1) is 21.9. The van der Waals surface area contributed by atoms with E-state index in [-0.39, 0.29) is 30.7 Å². The lowest BCUT2D eigenvalue weighted by molar-refractivity contribution is 0.0277. The predicted molar refractivity (Wildman–Crippen MR) is 119 cm³/mol. The van der Waals surface area contributed by atoms with Crippen molar-refractivity contribution in [3.63, 3.8) is 0 Å². The topological polar surface area (TPSA) is 92.4 Å². The molecule has 3 atom stereocenters. The Hall–Kier alpha value is -2.92. The molecule has 0 saturated carbocycles. The van der Waals surface area contributed by atoms with Crippen LogP contribution in [0, 0.1) is 0 Å². The number of alkyl halides is 2. The number of imidazole rings is 1. The van der Waals surface area contributed by atoms with Crippen LogP contribution in [0.5, 0.6) is 0 Å². The van der Waals surface area contributed by atoms with Crippen LogP contribution in [0.25, 0.3) is 17.0 Å². The van der Waals surface area contributed by atoms with Gasteiger partial charge in [0.2, 0.25) is 17.8 Å². The summed E-state index contributed by atoms with van der Waals surface area (Å²) in [4.78, 5) is 22.1. The number of halogens is 2. The number of hydrogen-bond donors (Lipinski definition) is 1. The molecule has 33 heavy (non-hydrogen) atoms. The summed E-state index contributed by atoms with van der Waals surface area (Å²) in [6, 6.07) is 6.81. The second-order valence-corrected chi connectivity index (χ2v) is 8.51. The molecule has 176 valence electrons. The number of benzene rings is 1. The highest BCUT2D eigenvalue weighted by Gasteiger charge is 2.32. The Morgan fingerprint density at radius 3 is 2.52 bits per heavy atom. The molecule has 4 heterocycles. The normalized spacial score (nSPS) is 23.8. The number of aliphatic hydroxyl groups excluding tert-OH is 1. The molecule has 5 rings (SSSR count). The Morgan fingerprint density at radius 1 is 1.03 bits per heavy atom. The number of aromatic nitrogens is 5. The summed E-state index contributed by atoms with van der Waals surface area (Å²) in [7, 11) is 0. The summed E-state index contributed by atoms with van der Waals surface area (Å²) >= 11 is 0. The van der Waals surface area contributed by atoms with Gasteiger partial charge in [0.1, 0.15) is 0 Å². The minimum atomic E-state index is -2.81. The van der Waals surface area contributed by atoms with E-state index in [1.54, 1.807) is 24.3 Å². The average Bonchev–Trinajstić information content (AvgIpc) is 3.45. The standard InChI is InChI=1S/C22H27F2N7O2/c1-13-14(2)33-11-10-29(13)20-26-21(30-9-5-6-15(30)12-32)28-22(27-20)31-17-8-4-3-7-16(17)25-19(31)18(23)24/h3-4,7-8,13-15,18,32H,5-6,9-12H2,1-2H3/t13-,14-,15?/m1/s1. The third kappa shape index (κ3) is 3.89. The SMILES string of the molecule is C[C@@H]1[C@@H](C)OCCN1c1nc(N2CCCC2CO)nc(-n2c(C(F)F)nc3ccccc32)n1. The van der Waals surface area contributed by atoms with Crippen LogP contribution < -0.4 is 9.80 Å². The summed E-state index contributed by atoms with van der Waals surface area (Å²) < 4.78 is 35.1. The second kappa shape index (κ2) is 8.79. The molecule has 0 bridgehead atoms. The van der Waals surface area contributed by atoms with Gasteiger partial charge in [-0.2, -0.15) is 15.0 Å². The van der Waals surface area contributed by atoms with Gasteiger partial charge < -0.3 is 19.6 Å². The first-order chi connectivity index (χ1) is 16.0. The molecular weight excluding hydrogens is 432 g/mol. The van der Waals surface area contributed by atoms with Crippen molar-refractivity contribution in [2.45, 2.75) is 51.3 Å². The highest BCUT2D eigenvalue weighted by molar-refractivity contribution is 5.77. The Balaban J connectivity index is 1.70. The molecular formula is C22H27F2N7O2. The van der Waals surface area contributed by atoms with Crippen molar-refractivity contribution in [2.75, 3.05) is 36.1 Å². The number of morpholine rings is 1. The molecule has 1 unspecified atom stereocenters. The molecule has 2 aliphatic heterocycles. The van der Waals surface area contributed by atoms with Crippen molar-refractivity contribution in [1.82, 2.24) is 24.5 Å². The summed E-state index contributed by atoms with van der Waals surface area (Å²) in [6.07, 6.45) is -1.14. The average molecular weight is 460 g/mol. The molecule has 0 radical (unpaired) electrons. The predicted octanol–water partition coefficient (Wildman–Crippen LogP) is 2.72. The van der Waals surface area contributed by atoms with E-state index in [2.05, 4.69) is 15.0 Å². The third-order valence-electron chi connectivity index (χ3n) is 6.57. The van der Waals surface area contributed by atoms with E-state index in [1.165, 1.54) is 4.57 Å². The van der Waals surface area contributed by atoms with Gasteiger partial charge in [0.25, 0.3) is 6.43 Å². The van der Waals surface area contributed by atoms with Crippen molar-refractivity contribution >= 4 is 22.9 Å². The summed E-state index contributed by atoms with van der Waals surface area (Å²) in [5.41, 5.74) is 0.943. The van der Waals surface area contributed by atoms with E-state index < -0.39 is 12.2 Å². The number of rotatable bonds is 5. The molecule has 2 aliphatic rings. The van der Waals surface area contributed by atoms with Gasteiger partial charge in [-0.25, -0.2) is 13.8 Å². The van der Waals surface area contributed by atoms with E-state index in [0.717, 1.165) is 12.8 Å². The highest BCUT2D eigenvalue weighted by atomic mass is 19.3. The lowest BCUT2D eigenvalue weighted by Crippen LogP contribution is -2.49. The van der Waals surface area contributed by atoms with Gasteiger partial charge in [-0.15, -0.1) is 0 Å². The van der Waals surface area contributed by atoms with E-state index in [0.29, 0.717) is 42.6 Å². The Labute approximate surface area is 190 Å². The fourth-order valence-electron chi connectivity index (χ4n) is 4.61. The number of nitrogens with zero attached hydrogens (tertiary/aromatic N) is 7. The zero-order valence-electron chi connectivity index (χ0n) is 18.6. The highest BCUT2D eigenvalue weighted by Crippen LogP contribution is 2.30. The van der Waals surface area contributed by atoms with Crippen molar-refractivity contribution in [2.24, 2.45) is 0 Å². The van der Waals surface area contributed by atoms with E-state index >= 15 is 0 Å². The van der Waals surface area contributed by atoms with Gasteiger partial charge in [0, 0.05) is 13.1 Å². The first-order valence-electron chi connectivity index (χ1n) is 11.3. The summed E-state index contributed by atoms with van der Waals surface area (Å²) in [5.74, 6) is 0.451. The minimum absolute atomic E-state index is 0.0110. The van der Waals surface area contributed by atoms with E-state index in [4.69, 9.17) is 9.72 Å². The molecule has 0 aliphatic carbocycles. The fraction of sp³-hybridized carbons (Fsp3) is 0.545. The Morgan fingerprint density at radius 2 is 1.76 bits per heavy atom. The largest absolute Gasteiger partial charge is 0.394 e. The number of anilines is 2. The lowest BCUT2D eigenvalue weighted by Gasteiger charge is -2.38. The molecule has 2 saturated heterocycles. The van der Waals surface area contributed by atoms with Gasteiger partial charge in [-0.3, -0.25) is 4.57 Å². The third-order valence-corrected chi connectivity index (χ3v) is 6.57. The molecule has 0 spiro atoms. The number of ether oxygens (including phenoxy) is 1. The van der Waals surface area contributed by atoms with Gasteiger partial charge in [0.05, 0.1) is 42.4 Å². The molecule has 1 aromatic carbocycles. The van der Waals surface area contributed by atoms with Gasteiger partial charge in [0.15, 0.2) is 5.82 Å². The lowest BCUT2D eigenvalue weighted by atomic mass is 10.1. The molecule has 9 nitrogen and oxygen atoms in total. The molecule has 11 heteroatoms. The summed E-state index contributed by atoms with van der Waals surface area (Å²) in [5, 5.41) is 9.85. The Kier molecular flexibility index (Phi) is 5.83. The van der Waals surface area contributed by atoms with Gasteiger partial charge >= 0.3 is 0 Å². The second-order valence-electron chi connectivity index (χ2n) is 8.51. The summed E-state index contributed by atoms with van der Waals surface area (Å²) in [6.45, 7) is 5.75. The molecule has 1 N–H and O–H groups in total. The van der Waals surface area contributed by atoms with Crippen molar-refractivity contribution < 1.29 is 18.6 Å². The molecule has 0 amide bonds. The molecule has 2 aromatic heterocycles. The number of fused-ring (bicyclic) bond motifs is 1. The van der Waals surface area contributed by atoms with Crippen molar-refractivity contribution in [3.8, 4) is 5.95 Å². The van der Waals surface area contributed by atoms with Crippen molar-refractivity contribution in [3.05, 3.63) is 30.1 Å². The smallest absolute Gasteiger partial charge is 0.296 e. The van der Waals surface area contributed by atoms with Crippen molar-refractivity contribution in [1.29, 1.82) is 0 Å². The van der Waals surface area contributed by atoms with Crippen LogP contribution in [0.1, 0.15) is 38.9 Å². The van der Waals surface area contributed by atoms with Crippen LogP contribution in [0.4, 0.5) is 20.7 Å². The monoisotopic (exact) mass is 459 g/mol. The quantitative estimate of drug-likeness (QED) is 0.623. The van der Waals surface area contributed by atoms with Gasteiger partial charge in [-0.1, -0.05) is 12.1 Å². The van der Waals surface area contributed by atoms with E-state index in [9.17, 15) is 13.9 Å². The van der Waals surface area contributed by atoms with E-state index in [1.807, 2.05) is 23.6 Å². The van der Waals surface area contributed by atoms with Crippen LogP contribution in [-0.4, -0.2) is 74.1 Å². The maximum Gasteiger partial charge on any atom is 0.296 e. The number of hydrogen-bond acceptors (Lipinski definition) is 8. The minimum Gasteiger partial charge on any atom is -0.394 e. The van der Waals surface area contributed by atoms with Crippen LogP contribution in [0.2, 0.25) is 0 Å². The van der Waals surface area contributed by atoms with Crippen LogP contribution >= 0.6 is 0 Å². The zero-order chi connectivity index (χ0) is 23.1. The maximum absolute atomic E-state index is 14.0. The first-order valence-corrected chi connectivity index (χ1v) is 11.3. The van der Waals surface area contributed by atoms with Gasteiger partial charge in [-0.05, 0) is 38.8 Å².